The van der Waals surface area contributed by atoms with Gasteiger partial charge in [-0.3, -0.25) is 10.1 Å². The second kappa shape index (κ2) is 6.45. The van der Waals surface area contributed by atoms with E-state index >= 15 is 0 Å². The molecule has 1 aromatic heterocycles. The van der Waals surface area contributed by atoms with Gasteiger partial charge < -0.3 is 5.73 Å². The van der Waals surface area contributed by atoms with Crippen molar-refractivity contribution in [2.45, 2.75) is 51.0 Å². The fraction of sp³-hybridized carbons (Fsp3) is 0.727. The number of anilines is 1. The van der Waals surface area contributed by atoms with Crippen molar-refractivity contribution in [1.82, 2.24) is 10.2 Å². The third kappa shape index (κ3) is 3.90. The Balaban J connectivity index is 0.00000162. The molecule has 1 aliphatic carbocycles. The standard InChI is InChI=1S/C11H18N4OS.ClH/c1-2-3-4-5-8-14-15-10(17-8)13-9(16)11(12)6-7-11;/h2-7,12H2,1H3,(H,13,15,16);1H. The first kappa shape index (κ1) is 15.3. The molecule has 0 saturated heterocycles. The lowest BCUT2D eigenvalue weighted by Gasteiger charge is -2.05. The molecule has 1 fully saturated rings. The van der Waals surface area contributed by atoms with Crippen molar-refractivity contribution < 1.29 is 4.79 Å². The number of hydrogen-bond donors (Lipinski definition) is 2. The van der Waals surface area contributed by atoms with Crippen molar-refractivity contribution in [3.05, 3.63) is 5.01 Å². The largest absolute Gasteiger partial charge is 0.317 e. The number of nitrogens with two attached hydrogens (primary N) is 1. The maximum Gasteiger partial charge on any atom is 0.246 e. The van der Waals surface area contributed by atoms with Crippen LogP contribution < -0.4 is 11.1 Å². The van der Waals surface area contributed by atoms with E-state index in [9.17, 15) is 4.79 Å². The predicted molar refractivity (Wildman–Crippen MR) is 75.2 cm³/mol. The van der Waals surface area contributed by atoms with E-state index in [1.807, 2.05) is 0 Å². The number of halogens is 1. The minimum atomic E-state index is -0.645. The summed E-state index contributed by atoms with van der Waals surface area (Å²) in [7, 11) is 0. The minimum absolute atomic E-state index is 0. The molecule has 1 amide bonds. The SMILES string of the molecule is CCCCCc1nnc(NC(=O)C2(N)CC2)s1.Cl. The molecule has 7 heteroatoms. The van der Waals surface area contributed by atoms with Crippen LogP contribution in [0.4, 0.5) is 5.13 Å². The van der Waals surface area contributed by atoms with E-state index in [4.69, 9.17) is 5.73 Å². The van der Waals surface area contributed by atoms with Gasteiger partial charge in [-0.05, 0) is 19.3 Å². The van der Waals surface area contributed by atoms with Crippen molar-refractivity contribution in [3.63, 3.8) is 0 Å². The maximum absolute atomic E-state index is 11.7. The van der Waals surface area contributed by atoms with Crippen molar-refractivity contribution in [2.24, 2.45) is 5.73 Å². The van der Waals surface area contributed by atoms with Gasteiger partial charge in [0.15, 0.2) is 0 Å². The molecule has 3 N–H and O–H groups in total. The highest BCUT2D eigenvalue weighted by Crippen LogP contribution is 2.33. The molecule has 2 rings (SSSR count). The third-order valence-corrected chi connectivity index (χ3v) is 3.82. The van der Waals surface area contributed by atoms with Crippen molar-refractivity contribution in [1.29, 1.82) is 0 Å². The van der Waals surface area contributed by atoms with Gasteiger partial charge in [-0.1, -0.05) is 31.1 Å². The van der Waals surface area contributed by atoms with E-state index in [0.29, 0.717) is 5.13 Å². The van der Waals surface area contributed by atoms with Crippen LogP contribution in [-0.4, -0.2) is 21.6 Å². The number of nitrogens with one attached hydrogen (secondary N) is 1. The van der Waals surface area contributed by atoms with Crippen LogP contribution in [0.5, 0.6) is 0 Å². The molecule has 18 heavy (non-hydrogen) atoms. The molecule has 102 valence electrons. The summed E-state index contributed by atoms with van der Waals surface area (Å²) in [4.78, 5) is 11.7. The number of aromatic nitrogens is 2. The van der Waals surface area contributed by atoms with E-state index in [1.54, 1.807) is 0 Å². The predicted octanol–water partition coefficient (Wildman–Crippen LogP) is 2.12. The van der Waals surface area contributed by atoms with E-state index in [2.05, 4.69) is 22.4 Å². The lowest BCUT2D eigenvalue weighted by atomic mass is 10.2. The molecule has 0 bridgehead atoms. The van der Waals surface area contributed by atoms with Gasteiger partial charge in [-0.25, -0.2) is 0 Å². The average molecular weight is 291 g/mol. The molecule has 0 aliphatic heterocycles. The Kier molecular flexibility index (Phi) is 5.49. The van der Waals surface area contributed by atoms with E-state index < -0.39 is 5.54 Å². The van der Waals surface area contributed by atoms with Gasteiger partial charge in [0.1, 0.15) is 5.01 Å². The summed E-state index contributed by atoms with van der Waals surface area (Å²) in [6.07, 6.45) is 5.99. The number of unbranched alkanes of at least 4 members (excludes halogenated alkanes) is 2. The summed E-state index contributed by atoms with van der Waals surface area (Å²) >= 11 is 1.45. The number of nitrogens with zero attached hydrogens (tertiary/aromatic N) is 2. The van der Waals surface area contributed by atoms with Gasteiger partial charge in [0, 0.05) is 6.42 Å². The Hall–Kier alpha value is -0.720. The monoisotopic (exact) mass is 290 g/mol. The average Bonchev–Trinajstić information content (AvgIpc) is 2.90. The van der Waals surface area contributed by atoms with Crippen LogP contribution in [0.2, 0.25) is 0 Å². The summed E-state index contributed by atoms with van der Waals surface area (Å²) in [5.74, 6) is -0.131. The molecule has 0 radical (unpaired) electrons. The number of amides is 1. The van der Waals surface area contributed by atoms with Crippen LogP contribution >= 0.6 is 23.7 Å². The van der Waals surface area contributed by atoms with Crippen LogP contribution in [0, 0.1) is 0 Å². The summed E-state index contributed by atoms with van der Waals surface area (Å²) in [5, 5.41) is 12.3. The topological polar surface area (TPSA) is 80.9 Å². The van der Waals surface area contributed by atoms with Crippen LogP contribution in [0.15, 0.2) is 0 Å². The Morgan fingerprint density at radius 2 is 2.17 bits per heavy atom. The normalized spacial score (nSPS) is 15.9. The number of carbonyl (C=O) groups is 1. The number of carbonyl (C=O) groups excluding carboxylic acids is 1. The summed E-state index contributed by atoms with van der Waals surface area (Å²) < 4.78 is 0. The summed E-state index contributed by atoms with van der Waals surface area (Å²) in [6, 6.07) is 0. The number of rotatable bonds is 6. The van der Waals surface area contributed by atoms with Gasteiger partial charge >= 0.3 is 0 Å². The van der Waals surface area contributed by atoms with E-state index in [-0.39, 0.29) is 18.3 Å². The lowest BCUT2D eigenvalue weighted by molar-refractivity contribution is -0.118. The zero-order chi connectivity index (χ0) is 12.3. The van der Waals surface area contributed by atoms with Crippen LogP contribution in [-0.2, 0) is 11.2 Å². The smallest absolute Gasteiger partial charge is 0.246 e. The highest BCUT2D eigenvalue weighted by Gasteiger charge is 2.46. The minimum Gasteiger partial charge on any atom is -0.317 e. The lowest BCUT2D eigenvalue weighted by Crippen LogP contribution is -2.37. The third-order valence-electron chi connectivity index (χ3n) is 2.92. The Bertz CT molecular complexity index is 406. The van der Waals surface area contributed by atoms with Gasteiger partial charge in [-0.15, -0.1) is 22.6 Å². The van der Waals surface area contributed by atoms with E-state index in [1.165, 1.54) is 24.2 Å². The summed E-state index contributed by atoms with van der Waals surface area (Å²) in [6.45, 7) is 2.17. The fourth-order valence-electron chi connectivity index (χ4n) is 1.51. The molecule has 0 aromatic carbocycles. The van der Waals surface area contributed by atoms with Gasteiger partial charge in [0.2, 0.25) is 11.0 Å². The molecule has 0 unspecified atom stereocenters. The first-order valence-electron chi connectivity index (χ1n) is 6.07. The first-order valence-corrected chi connectivity index (χ1v) is 6.88. The second-order valence-corrected chi connectivity index (χ2v) is 5.63. The highest BCUT2D eigenvalue weighted by molar-refractivity contribution is 7.15. The Labute approximate surface area is 117 Å². The number of hydrogen-bond acceptors (Lipinski definition) is 5. The van der Waals surface area contributed by atoms with Gasteiger partial charge in [0.25, 0.3) is 0 Å². The molecular formula is C11H19ClN4OS. The first-order chi connectivity index (χ1) is 8.14. The molecule has 0 atom stereocenters. The Morgan fingerprint density at radius 1 is 1.44 bits per heavy atom. The zero-order valence-electron chi connectivity index (χ0n) is 10.4. The van der Waals surface area contributed by atoms with E-state index in [0.717, 1.165) is 30.7 Å². The van der Waals surface area contributed by atoms with Crippen LogP contribution in [0.3, 0.4) is 0 Å². The Morgan fingerprint density at radius 3 is 2.78 bits per heavy atom. The molecule has 1 heterocycles. The quantitative estimate of drug-likeness (QED) is 0.787. The summed E-state index contributed by atoms with van der Waals surface area (Å²) in [5.41, 5.74) is 5.14. The maximum atomic E-state index is 11.7. The molecule has 1 saturated carbocycles. The van der Waals surface area contributed by atoms with Gasteiger partial charge in [-0.2, -0.15) is 0 Å². The molecule has 1 aromatic rings. The molecule has 0 spiro atoms. The van der Waals surface area contributed by atoms with Gasteiger partial charge in [0.05, 0.1) is 5.54 Å². The fourth-order valence-corrected chi connectivity index (χ4v) is 2.29. The molecular weight excluding hydrogens is 272 g/mol. The zero-order valence-corrected chi connectivity index (χ0v) is 12.1. The van der Waals surface area contributed by atoms with Crippen molar-refractivity contribution >= 4 is 34.8 Å². The van der Waals surface area contributed by atoms with Crippen molar-refractivity contribution in [3.8, 4) is 0 Å². The van der Waals surface area contributed by atoms with Crippen LogP contribution in [0.1, 0.15) is 44.0 Å². The molecule has 1 aliphatic rings. The molecule has 5 nitrogen and oxygen atoms in total. The van der Waals surface area contributed by atoms with Crippen LogP contribution in [0.25, 0.3) is 0 Å². The number of aryl methyl sites for hydroxylation is 1. The second-order valence-electron chi connectivity index (χ2n) is 4.57. The highest BCUT2D eigenvalue weighted by atomic mass is 35.5. The van der Waals surface area contributed by atoms with Crippen molar-refractivity contribution in [2.75, 3.05) is 5.32 Å².